The van der Waals surface area contributed by atoms with Crippen molar-refractivity contribution in [1.82, 2.24) is 4.98 Å². The van der Waals surface area contributed by atoms with Crippen LogP contribution in [0.3, 0.4) is 0 Å². The van der Waals surface area contributed by atoms with Crippen molar-refractivity contribution in [3.63, 3.8) is 0 Å². The summed E-state index contributed by atoms with van der Waals surface area (Å²) in [5.41, 5.74) is 2.93. The van der Waals surface area contributed by atoms with Crippen LogP contribution in [0.15, 0.2) is 124 Å². The number of anilines is 2. The number of nitrogens with zero attached hydrogens (tertiary/aromatic N) is 1. The second-order valence-corrected chi connectivity index (χ2v) is 12.5. The molecule has 39 heavy (non-hydrogen) atoms. The molecular formula is C29H22ClN3O3S3. The molecule has 6 nitrogen and oxygen atoms in total. The smallest absolute Gasteiger partial charge is 0.261 e. The number of carbonyl (C=O) groups excluding carboxylic acids is 1. The average molecular weight is 592 g/mol. The van der Waals surface area contributed by atoms with Crippen molar-refractivity contribution >= 4 is 61.4 Å². The number of nitrogens with one attached hydrogen (secondary N) is 2. The van der Waals surface area contributed by atoms with Gasteiger partial charge in [-0.25, -0.2) is 13.4 Å². The van der Waals surface area contributed by atoms with Gasteiger partial charge in [0.15, 0.2) is 5.13 Å². The highest BCUT2D eigenvalue weighted by Crippen LogP contribution is 2.37. The van der Waals surface area contributed by atoms with Gasteiger partial charge in [-0.15, -0.1) is 23.1 Å². The summed E-state index contributed by atoms with van der Waals surface area (Å²) in [5.74, 6) is -0.211. The van der Waals surface area contributed by atoms with Crippen LogP contribution < -0.4 is 10.0 Å². The lowest BCUT2D eigenvalue weighted by Gasteiger charge is -2.16. The van der Waals surface area contributed by atoms with Gasteiger partial charge in [-0.2, -0.15) is 0 Å². The molecule has 1 atom stereocenters. The maximum atomic E-state index is 13.4. The third kappa shape index (κ3) is 6.88. The standard InChI is InChI=1S/C29H22ClN3O3S3/c30-22-13-11-20(12-14-22)26-19-37-29(31-26)32-28(34)27(21-7-3-1-4-8-21)38-24-17-15-23(16-18-24)33-39(35,36)25-9-5-2-6-10-25/h1-19,27,33H,(H,31,32,34). The summed E-state index contributed by atoms with van der Waals surface area (Å²) in [7, 11) is -3.69. The number of sulfonamides is 1. The Kier molecular flexibility index (Phi) is 8.33. The molecular weight excluding hydrogens is 570 g/mol. The number of aromatic nitrogens is 1. The molecule has 0 saturated carbocycles. The first-order chi connectivity index (χ1) is 18.9. The van der Waals surface area contributed by atoms with E-state index in [1.807, 2.05) is 47.8 Å². The monoisotopic (exact) mass is 591 g/mol. The minimum atomic E-state index is -3.69. The van der Waals surface area contributed by atoms with Crippen LogP contribution in [0.1, 0.15) is 10.8 Å². The molecule has 0 radical (unpaired) electrons. The number of thioether (sulfide) groups is 1. The SMILES string of the molecule is O=C(Nc1nc(-c2ccc(Cl)cc2)cs1)C(Sc1ccc(NS(=O)(=O)c2ccccc2)cc1)c1ccccc1. The molecule has 1 unspecified atom stereocenters. The van der Waals surface area contributed by atoms with Gasteiger partial charge in [-0.3, -0.25) is 9.52 Å². The summed E-state index contributed by atoms with van der Waals surface area (Å²) in [6, 6.07) is 32.0. The van der Waals surface area contributed by atoms with Gasteiger partial charge in [0.25, 0.3) is 10.0 Å². The third-order valence-electron chi connectivity index (χ3n) is 5.63. The summed E-state index contributed by atoms with van der Waals surface area (Å²) in [6.45, 7) is 0. The van der Waals surface area contributed by atoms with E-state index in [-0.39, 0.29) is 10.8 Å². The Morgan fingerprint density at radius 1 is 0.846 bits per heavy atom. The van der Waals surface area contributed by atoms with Crippen LogP contribution in [0.2, 0.25) is 5.02 Å². The van der Waals surface area contributed by atoms with Crippen LogP contribution in [0.4, 0.5) is 10.8 Å². The zero-order valence-corrected chi connectivity index (χ0v) is 23.5. The molecule has 0 fully saturated rings. The van der Waals surface area contributed by atoms with Crippen LogP contribution in [-0.2, 0) is 14.8 Å². The molecule has 0 bridgehead atoms. The van der Waals surface area contributed by atoms with Crippen molar-refractivity contribution in [2.45, 2.75) is 15.0 Å². The summed E-state index contributed by atoms with van der Waals surface area (Å²) in [5, 5.41) is 5.43. The molecule has 0 aliphatic heterocycles. The Labute approximate surface area is 240 Å². The van der Waals surface area contributed by atoms with Crippen LogP contribution in [-0.4, -0.2) is 19.3 Å². The lowest BCUT2D eigenvalue weighted by atomic mass is 10.1. The Morgan fingerprint density at radius 2 is 1.49 bits per heavy atom. The molecule has 1 aromatic heterocycles. The number of benzene rings is 4. The van der Waals surface area contributed by atoms with Crippen molar-refractivity contribution < 1.29 is 13.2 Å². The van der Waals surface area contributed by atoms with E-state index >= 15 is 0 Å². The number of carbonyl (C=O) groups is 1. The summed E-state index contributed by atoms with van der Waals surface area (Å²) in [6.07, 6.45) is 0. The van der Waals surface area contributed by atoms with E-state index < -0.39 is 15.3 Å². The lowest BCUT2D eigenvalue weighted by molar-refractivity contribution is -0.115. The maximum Gasteiger partial charge on any atom is 0.261 e. The van der Waals surface area contributed by atoms with Crippen molar-refractivity contribution in [2.24, 2.45) is 0 Å². The van der Waals surface area contributed by atoms with Gasteiger partial charge in [-0.05, 0) is 54.1 Å². The second kappa shape index (κ2) is 12.0. The zero-order valence-electron chi connectivity index (χ0n) is 20.3. The molecule has 0 aliphatic carbocycles. The molecule has 1 amide bonds. The highest BCUT2D eigenvalue weighted by molar-refractivity contribution is 8.00. The topological polar surface area (TPSA) is 88.2 Å². The van der Waals surface area contributed by atoms with E-state index in [9.17, 15) is 13.2 Å². The van der Waals surface area contributed by atoms with Crippen LogP contribution in [0.5, 0.6) is 0 Å². The Morgan fingerprint density at radius 3 is 2.15 bits per heavy atom. The third-order valence-corrected chi connectivity index (χ3v) is 9.30. The van der Waals surface area contributed by atoms with Gasteiger partial charge in [0.2, 0.25) is 5.91 Å². The second-order valence-electron chi connectivity index (χ2n) is 8.39. The van der Waals surface area contributed by atoms with E-state index in [4.69, 9.17) is 11.6 Å². The first-order valence-corrected chi connectivity index (χ1v) is 15.4. The molecule has 0 spiro atoms. The number of rotatable bonds is 9. The van der Waals surface area contributed by atoms with E-state index in [0.29, 0.717) is 15.8 Å². The largest absolute Gasteiger partial charge is 0.301 e. The fourth-order valence-electron chi connectivity index (χ4n) is 3.71. The predicted molar refractivity (Wildman–Crippen MR) is 160 cm³/mol. The lowest BCUT2D eigenvalue weighted by Crippen LogP contribution is -2.19. The van der Waals surface area contributed by atoms with E-state index in [1.165, 1.54) is 35.2 Å². The molecule has 4 aromatic carbocycles. The van der Waals surface area contributed by atoms with Gasteiger partial charge in [-0.1, -0.05) is 72.3 Å². The first-order valence-electron chi connectivity index (χ1n) is 11.8. The number of hydrogen-bond donors (Lipinski definition) is 2. The van der Waals surface area contributed by atoms with Gasteiger partial charge < -0.3 is 5.32 Å². The van der Waals surface area contributed by atoms with Crippen LogP contribution >= 0.6 is 34.7 Å². The fourth-order valence-corrected chi connectivity index (χ4v) is 6.66. The van der Waals surface area contributed by atoms with Gasteiger partial charge in [0.05, 0.1) is 10.6 Å². The molecule has 1 heterocycles. The molecule has 5 aromatic rings. The van der Waals surface area contributed by atoms with E-state index in [0.717, 1.165) is 21.7 Å². The van der Waals surface area contributed by atoms with Crippen molar-refractivity contribution in [3.8, 4) is 11.3 Å². The molecule has 0 aliphatic rings. The van der Waals surface area contributed by atoms with Gasteiger partial charge >= 0.3 is 0 Å². The van der Waals surface area contributed by atoms with Crippen LogP contribution in [0, 0.1) is 0 Å². The number of amides is 1. The normalized spacial score (nSPS) is 12.0. The fraction of sp³-hybridized carbons (Fsp3) is 0.0345. The Hall–Kier alpha value is -3.63. The molecule has 10 heteroatoms. The van der Waals surface area contributed by atoms with E-state index in [2.05, 4.69) is 15.0 Å². The molecule has 0 saturated heterocycles. The minimum absolute atomic E-state index is 0.186. The van der Waals surface area contributed by atoms with Gasteiger partial charge in [0, 0.05) is 26.5 Å². The first kappa shape index (κ1) is 27.0. The highest BCUT2D eigenvalue weighted by atomic mass is 35.5. The summed E-state index contributed by atoms with van der Waals surface area (Å²) >= 11 is 8.71. The maximum absolute atomic E-state index is 13.4. The number of thiazole rings is 1. The summed E-state index contributed by atoms with van der Waals surface area (Å²) < 4.78 is 27.9. The zero-order chi connectivity index (χ0) is 27.2. The van der Waals surface area contributed by atoms with Gasteiger partial charge in [0.1, 0.15) is 5.25 Å². The van der Waals surface area contributed by atoms with Crippen LogP contribution in [0.25, 0.3) is 11.3 Å². The minimum Gasteiger partial charge on any atom is -0.301 e. The Bertz CT molecular complexity index is 1660. The number of hydrogen-bond acceptors (Lipinski definition) is 6. The average Bonchev–Trinajstić information content (AvgIpc) is 3.42. The molecule has 196 valence electrons. The van der Waals surface area contributed by atoms with Crippen molar-refractivity contribution in [1.29, 1.82) is 0 Å². The van der Waals surface area contributed by atoms with E-state index in [1.54, 1.807) is 54.6 Å². The number of halogens is 1. The summed E-state index contributed by atoms with van der Waals surface area (Å²) in [4.78, 5) is 19.0. The predicted octanol–water partition coefficient (Wildman–Crippen LogP) is 7.74. The quantitative estimate of drug-likeness (QED) is 0.171. The molecule has 2 N–H and O–H groups in total. The van der Waals surface area contributed by atoms with Crippen molar-refractivity contribution in [3.05, 3.63) is 125 Å². The molecule has 5 rings (SSSR count). The highest BCUT2D eigenvalue weighted by Gasteiger charge is 2.23. The Balaban J connectivity index is 1.31. The van der Waals surface area contributed by atoms with Crippen molar-refractivity contribution in [2.75, 3.05) is 10.0 Å².